The molecule has 1 saturated heterocycles. The number of benzene rings is 1. The monoisotopic (exact) mass is 310 g/mol. The molecule has 0 bridgehead atoms. The lowest BCUT2D eigenvalue weighted by Gasteiger charge is -2.29. The first kappa shape index (κ1) is 16.6. The predicted molar refractivity (Wildman–Crippen MR) is 88.9 cm³/mol. The van der Waals surface area contributed by atoms with Crippen molar-refractivity contribution in [3.05, 3.63) is 29.8 Å². The average molecular weight is 311 g/mol. The number of likely N-dealkylation sites (tertiary alicyclic amines) is 1. The summed E-state index contributed by atoms with van der Waals surface area (Å²) in [6, 6.07) is 8.96. The minimum absolute atomic E-state index is 0. The van der Waals surface area contributed by atoms with Crippen LogP contribution in [0.2, 0.25) is 0 Å². The van der Waals surface area contributed by atoms with E-state index in [1.54, 1.807) is 0 Å². The van der Waals surface area contributed by atoms with Gasteiger partial charge in [-0.1, -0.05) is 18.6 Å². The third-order valence-corrected chi connectivity index (χ3v) is 4.87. The number of nitrogens with two attached hydrogens (primary N) is 1. The fourth-order valence-corrected chi connectivity index (χ4v) is 3.85. The number of rotatable bonds is 4. The number of hydrogen-bond acceptors (Lipinski definition) is 3. The van der Waals surface area contributed by atoms with E-state index in [-0.39, 0.29) is 12.4 Å². The molecule has 3 atom stereocenters. The highest BCUT2D eigenvalue weighted by molar-refractivity contribution is 5.85. The van der Waals surface area contributed by atoms with Crippen molar-refractivity contribution in [1.29, 1.82) is 0 Å². The summed E-state index contributed by atoms with van der Waals surface area (Å²) in [5.74, 6) is 2.53. The van der Waals surface area contributed by atoms with Gasteiger partial charge in [0, 0.05) is 25.7 Å². The minimum atomic E-state index is 0. The van der Waals surface area contributed by atoms with E-state index >= 15 is 0 Å². The second-order valence-corrected chi connectivity index (χ2v) is 6.29. The molecule has 1 saturated carbocycles. The van der Waals surface area contributed by atoms with Crippen LogP contribution in [0.3, 0.4) is 0 Å². The van der Waals surface area contributed by atoms with Gasteiger partial charge < -0.3 is 10.5 Å². The summed E-state index contributed by atoms with van der Waals surface area (Å²) >= 11 is 0. The SMILES string of the molecule is CCOc1ccc(CN2CC3CCCC(N)C3C2)cc1.Cl. The molecule has 1 heterocycles. The summed E-state index contributed by atoms with van der Waals surface area (Å²) in [6.45, 7) is 6.20. The maximum atomic E-state index is 6.29. The van der Waals surface area contributed by atoms with Crippen LogP contribution in [0.4, 0.5) is 0 Å². The number of fused-ring (bicyclic) bond motifs is 1. The van der Waals surface area contributed by atoms with Crippen molar-refractivity contribution >= 4 is 12.4 Å². The molecule has 0 aromatic heterocycles. The Morgan fingerprint density at radius 3 is 2.62 bits per heavy atom. The average Bonchev–Trinajstić information content (AvgIpc) is 2.85. The van der Waals surface area contributed by atoms with Gasteiger partial charge in [0.05, 0.1) is 6.61 Å². The Balaban J connectivity index is 0.00000161. The Hall–Kier alpha value is -0.770. The van der Waals surface area contributed by atoms with Gasteiger partial charge in [0.25, 0.3) is 0 Å². The first-order valence-electron chi connectivity index (χ1n) is 7.96. The summed E-state index contributed by atoms with van der Waals surface area (Å²) in [4.78, 5) is 2.58. The smallest absolute Gasteiger partial charge is 0.119 e. The first-order chi connectivity index (χ1) is 9.76. The Labute approximate surface area is 134 Å². The van der Waals surface area contributed by atoms with Crippen molar-refractivity contribution < 1.29 is 4.74 Å². The lowest BCUT2D eigenvalue weighted by molar-refractivity contribution is 0.259. The molecule has 1 aromatic rings. The molecule has 2 fully saturated rings. The molecule has 0 radical (unpaired) electrons. The number of hydrogen-bond donors (Lipinski definition) is 1. The number of halogens is 1. The summed E-state index contributed by atoms with van der Waals surface area (Å²) < 4.78 is 5.49. The summed E-state index contributed by atoms with van der Waals surface area (Å²) in [7, 11) is 0. The van der Waals surface area contributed by atoms with Gasteiger partial charge in [0.1, 0.15) is 5.75 Å². The quantitative estimate of drug-likeness (QED) is 0.929. The maximum Gasteiger partial charge on any atom is 0.119 e. The van der Waals surface area contributed by atoms with Crippen molar-refractivity contribution in [3.63, 3.8) is 0 Å². The van der Waals surface area contributed by atoms with E-state index < -0.39 is 0 Å². The van der Waals surface area contributed by atoms with Gasteiger partial charge in [0.2, 0.25) is 0 Å². The van der Waals surface area contributed by atoms with Crippen molar-refractivity contribution in [2.24, 2.45) is 17.6 Å². The summed E-state index contributed by atoms with van der Waals surface area (Å²) in [6.07, 6.45) is 3.91. The Kier molecular flexibility index (Phi) is 5.91. The van der Waals surface area contributed by atoms with Gasteiger partial charge >= 0.3 is 0 Å². The van der Waals surface area contributed by atoms with Crippen LogP contribution in [0.15, 0.2) is 24.3 Å². The topological polar surface area (TPSA) is 38.5 Å². The van der Waals surface area contributed by atoms with Gasteiger partial charge in [-0.2, -0.15) is 0 Å². The largest absolute Gasteiger partial charge is 0.494 e. The van der Waals surface area contributed by atoms with E-state index in [0.29, 0.717) is 6.04 Å². The lowest BCUT2D eigenvalue weighted by Crippen LogP contribution is -2.38. The van der Waals surface area contributed by atoms with E-state index in [1.807, 2.05) is 6.92 Å². The maximum absolute atomic E-state index is 6.29. The van der Waals surface area contributed by atoms with Crippen molar-refractivity contribution in [3.8, 4) is 5.75 Å². The molecule has 1 aliphatic heterocycles. The van der Waals surface area contributed by atoms with Crippen LogP contribution in [-0.2, 0) is 6.54 Å². The van der Waals surface area contributed by atoms with Crippen LogP contribution in [0.1, 0.15) is 31.7 Å². The predicted octanol–water partition coefficient (Wildman–Crippen LogP) is 3.07. The molecule has 21 heavy (non-hydrogen) atoms. The standard InChI is InChI=1S/C17H26N2O.ClH/c1-2-20-15-8-6-13(7-9-15)10-19-11-14-4-3-5-17(18)16(14)12-19;/h6-9,14,16-17H,2-5,10-12,18H2,1H3;1H. The van der Waals surface area contributed by atoms with Crippen LogP contribution in [0.25, 0.3) is 0 Å². The second kappa shape index (κ2) is 7.48. The fraction of sp³-hybridized carbons (Fsp3) is 0.647. The normalized spacial score (nSPS) is 28.8. The molecule has 3 unspecified atom stereocenters. The van der Waals surface area contributed by atoms with Gasteiger partial charge in [-0.25, -0.2) is 0 Å². The van der Waals surface area contributed by atoms with Gasteiger partial charge in [0.15, 0.2) is 0 Å². The zero-order chi connectivity index (χ0) is 13.9. The Morgan fingerprint density at radius 2 is 1.95 bits per heavy atom. The second-order valence-electron chi connectivity index (χ2n) is 6.29. The van der Waals surface area contributed by atoms with Gasteiger partial charge in [-0.3, -0.25) is 4.90 Å². The molecule has 2 aliphatic rings. The first-order valence-corrected chi connectivity index (χ1v) is 7.96. The molecule has 0 spiro atoms. The molecule has 118 valence electrons. The van der Waals surface area contributed by atoms with E-state index in [0.717, 1.165) is 30.7 Å². The van der Waals surface area contributed by atoms with E-state index in [9.17, 15) is 0 Å². The molecule has 3 rings (SSSR count). The van der Waals surface area contributed by atoms with Crippen LogP contribution in [0, 0.1) is 11.8 Å². The highest BCUT2D eigenvalue weighted by Gasteiger charge is 2.38. The van der Waals surface area contributed by atoms with E-state index in [2.05, 4.69) is 29.2 Å². The molecule has 1 aromatic carbocycles. The molecule has 1 aliphatic carbocycles. The molecule has 4 heteroatoms. The highest BCUT2D eigenvalue weighted by Crippen LogP contribution is 2.36. The zero-order valence-electron chi connectivity index (χ0n) is 12.8. The summed E-state index contributed by atoms with van der Waals surface area (Å²) in [5.41, 5.74) is 7.66. The van der Waals surface area contributed by atoms with Crippen LogP contribution < -0.4 is 10.5 Å². The van der Waals surface area contributed by atoms with Crippen LogP contribution in [0.5, 0.6) is 5.75 Å². The van der Waals surface area contributed by atoms with Gasteiger partial charge in [-0.15, -0.1) is 12.4 Å². The number of ether oxygens (including phenoxy) is 1. The molecule has 0 amide bonds. The molecular formula is C17H27ClN2O. The van der Waals surface area contributed by atoms with Crippen molar-refractivity contribution in [1.82, 2.24) is 4.90 Å². The van der Waals surface area contributed by atoms with Crippen LogP contribution in [-0.4, -0.2) is 30.6 Å². The molecular weight excluding hydrogens is 284 g/mol. The number of nitrogens with zero attached hydrogens (tertiary/aromatic N) is 1. The lowest BCUT2D eigenvalue weighted by atomic mass is 9.78. The van der Waals surface area contributed by atoms with Crippen molar-refractivity contribution in [2.75, 3.05) is 19.7 Å². The minimum Gasteiger partial charge on any atom is -0.494 e. The van der Waals surface area contributed by atoms with Gasteiger partial charge in [-0.05, 0) is 49.3 Å². The van der Waals surface area contributed by atoms with E-state index in [4.69, 9.17) is 10.5 Å². The fourth-order valence-electron chi connectivity index (χ4n) is 3.85. The molecule has 3 nitrogen and oxygen atoms in total. The van der Waals surface area contributed by atoms with Crippen molar-refractivity contribution in [2.45, 2.75) is 38.8 Å². The Bertz CT molecular complexity index is 437. The molecule has 2 N–H and O–H groups in total. The van der Waals surface area contributed by atoms with E-state index in [1.165, 1.54) is 37.9 Å². The third-order valence-electron chi connectivity index (χ3n) is 4.87. The highest BCUT2D eigenvalue weighted by atomic mass is 35.5. The van der Waals surface area contributed by atoms with Crippen LogP contribution >= 0.6 is 12.4 Å². The zero-order valence-corrected chi connectivity index (χ0v) is 13.6. The summed E-state index contributed by atoms with van der Waals surface area (Å²) in [5, 5.41) is 0. The third kappa shape index (κ3) is 3.91. The Morgan fingerprint density at radius 1 is 1.19 bits per heavy atom.